The molecule has 1 aromatic rings. The first kappa shape index (κ1) is 14.2. The van der Waals surface area contributed by atoms with Crippen molar-refractivity contribution >= 4 is 21.8 Å². The smallest absolute Gasteiger partial charge is 0.226 e. The van der Waals surface area contributed by atoms with Crippen LogP contribution in [0.1, 0.15) is 12.5 Å². The van der Waals surface area contributed by atoms with Gasteiger partial charge in [-0.05, 0) is 18.1 Å². The second kappa shape index (κ2) is 6.77. The molecule has 1 atom stereocenters. The quantitative estimate of drug-likeness (QED) is 0.904. The normalized spacial score (nSPS) is 12.2. The average Bonchev–Trinajstić information content (AvgIpc) is 2.35. The summed E-state index contributed by atoms with van der Waals surface area (Å²) >= 11 is 3.50. The van der Waals surface area contributed by atoms with Gasteiger partial charge in [-0.1, -0.05) is 41.1 Å². The zero-order valence-corrected chi connectivity index (χ0v) is 11.9. The number of hydrogen-bond acceptors (Lipinski definition) is 2. The van der Waals surface area contributed by atoms with Crippen molar-refractivity contribution in [3.05, 3.63) is 34.3 Å². The van der Waals surface area contributed by atoms with Crippen LogP contribution in [0.15, 0.2) is 28.7 Å². The number of halogens is 1. The van der Waals surface area contributed by atoms with Crippen LogP contribution in [0.3, 0.4) is 0 Å². The minimum Gasteiger partial charge on any atom is -0.345 e. The summed E-state index contributed by atoms with van der Waals surface area (Å²) in [6.45, 7) is 2.97. The van der Waals surface area contributed by atoms with E-state index in [2.05, 4.69) is 22.0 Å². The number of nitrogens with zero attached hydrogens (tertiary/aromatic N) is 1. The predicted octanol–water partition coefficient (Wildman–Crippen LogP) is 2.04. The number of carbonyl (C=O) groups excluding carboxylic acids is 1. The Morgan fingerprint density at radius 3 is 2.71 bits per heavy atom. The highest BCUT2D eigenvalue weighted by atomic mass is 79.9. The lowest BCUT2D eigenvalue weighted by Crippen LogP contribution is -2.36. The van der Waals surface area contributed by atoms with Crippen LogP contribution in [0, 0.1) is 5.92 Å². The van der Waals surface area contributed by atoms with Crippen molar-refractivity contribution in [2.75, 3.05) is 20.1 Å². The van der Waals surface area contributed by atoms with E-state index in [1.807, 2.05) is 32.2 Å². The topological polar surface area (TPSA) is 46.3 Å². The number of benzene rings is 1. The Morgan fingerprint density at radius 1 is 1.47 bits per heavy atom. The van der Waals surface area contributed by atoms with Gasteiger partial charge >= 0.3 is 0 Å². The molecule has 0 spiro atoms. The maximum absolute atomic E-state index is 11.8. The summed E-state index contributed by atoms with van der Waals surface area (Å²) in [5.41, 5.74) is 6.70. The van der Waals surface area contributed by atoms with Gasteiger partial charge in [0, 0.05) is 30.5 Å². The van der Waals surface area contributed by atoms with Gasteiger partial charge in [0.15, 0.2) is 0 Å². The van der Waals surface area contributed by atoms with Crippen LogP contribution in [0.5, 0.6) is 0 Å². The Balaban J connectivity index is 2.51. The molecule has 1 aromatic carbocycles. The van der Waals surface area contributed by atoms with Crippen molar-refractivity contribution in [3.63, 3.8) is 0 Å². The van der Waals surface area contributed by atoms with Crippen LogP contribution in [-0.4, -0.2) is 30.9 Å². The highest BCUT2D eigenvalue weighted by Gasteiger charge is 2.15. The molecule has 0 aromatic heterocycles. The predicted molar refractivity (Wildman–Crippen MR) is 73.7 cm³/mol. The average molecular weight is 299 g/mol. The van der Waals surface area contributed by atoms with Crippen LogP contribution in [-0.2, 0) is 11.2 Å². The van der Waals surface area contributed by atoms with Gasteiger partial charge in [0.1, 0.15) is 0 Å². The van der Waals surface area contributed by atoms with Gasteiger partial charge < -0.3 is 10.6 Å². The number of carbonyl (C=O) groups is 1. The highest BCUT2D eigenvalue weighted by molar-refractivity contribution is 9.10. The van der Waals surface area contributed by atoms with E-state index < -0.39 is 0 Å². The van der Waals surface area contributed by atoms with Crippen LogP contribution in [0.4, 0.5) is 0 Å². The minimum absolute atomic E-state index is 0.0979. The van der Waals surface area contributed by atoms with E-state index >= 15 is 0 Å². The lowest BCUT2D eigenvalue weighted by Gasteiger charge is -2.20. The second-order valence-corrected chi connectivity index (χ2v) is 5.09. The molecule has 94 valence electrons. The lowest BCUT2D eigenvalue weighted by atomic mass is 10.1. The largest absolute Gasteiger partial charge is 0.345 e. The first-order valence-electron chi connectivity index (χ1n) is 5.74. The van der Waals surface area contributed by atoms with E-state index in [-0.39, 0.29) is 11.8 Å². The van der Waals surface area contributed by atoms with Gasteiger partial charge in [0.2, 0.25) is 5.91 Å². The summed E-state index contributed by atoms with van der Waals surface area (Å²) in [6.07, 6.45) is 0.848. The monoisotopic (exact) mass is 298 g/mol. The Hall–Kier alpha value is -0.870. The first-order chi connectivity index (χ1) is 8.06. The van der Waals surface area contributed by atoms with Crippen molar-refractivity contribution in [2.24, 2.45) is 11.7 Å². The zero-order valence-electron chi connectivity index (χ0n) is 10.3. The van der Waals surface area contributed by atoms with E-state index in [1.165, 1.54) is 5.56 Å². The molecule has 0 saturated heterocycles. The number of nitrogens with two attached hydrogens (primary N) is 1. The number of likely N-dealkylation sites (N-methyl/N-ethyl adjacent to an activating group) is 1. The maximum Gasteiger partial charge on any atom is 0.226 e. The van der Waals surface area contributed by atoms with E-state index in [9.17, 15) is 4.79 Å². The van der Waals surface area contributed by atoms with Crippen molar-refractivity contribution in [2.45, 2.75) is 13.3 Å². The fraction of sp³-hybridized carbons (Fsp3) is 0.462. The number of hydrogen-bond donors (Lipinski definition) is 1. The Morgan fingerprint density at radius 2 is 2.12 bits per heavy atom. The van der Waals surface area contributed by atoms with Crippen molar-refractivity contribution in [1.82, 2.24) is 4.90 Å². The first-order valence-corrected chi connectivity index (χ1v) is 6.54. The van der Waals surface area contributed by atoms with Gasteiger partial charge in [0.25, 0.3) is 0 Å². The molecule has 0 aliphatic carbocycles. The Kier molecular flexibility index (Phi) is 5.65. The van der Waals surface area contributed by atoms with E-state index in [0.717, 1.165) is 10.9 Å². The third-order valence-electron chi connectivity index (χ3n) is 2.83. The van der Waals surface area contributed by atoms with Crippen LogP contribution < -0.4 is 5.73 Å². The molecule has 1 amide bonds. The summed E-state index contributed by atoms with van der Waals surface area (Å²) in [7, 11) is 1.82. The van der Waals surface area contributed by atoms with E-state index in [1.54, 1.807) is 4.90 Å². The van der Waals surface area contributed by atoms with Gasteiger partial charge in [0.05, 0.1) is 0 Å². The minimum atomic E-state index is -0.0979. The van der Waals surface area contributed by atoms with Gasteiger partial charge in [-0.25, -0.2) is 0 Å². The molecule has 0 heterocycles. The fourth-order valence-corrected chi connectivity index (χ4v) is 2.06. The van der Waals surface area contributed by atoms with E-state index in [0.29, 0.717) is 13.1 Å². The lowest BCUT2D eigenvalue weighted by molar-refractivity contribution is -0.133. The van der Waals surface area contributed by atoms with Gasteiger partial charge in [-0.15, -0.1) is 0 Å². The summed E-state index contributed by atoms with van der Waals surface area (Å²) in [5.74, 6) is 0.0127. The number of rotatable bonds is 5. The molecule has 0 saturated carbocycles. The van der Waals surface area contributed by atoms with Crippen molar-refractivity contribution < 1.29 is 4.79 Å². The van der Waals surface area contributed by atoms with E-state index in [4.69, 9.17) is 5.73 Å². The third kappa shape index (κ3) is 4.13. The summed E-state index contributed by atoms with van der Waals surface area (Å²) in [5, 5.41) is 0. The molecule has 1 rings (SSSR count). The van der Waals surface area contributed by atoms with Crippen molar-refractivity contribution in [1.29, 1.82) is 0 Å². The summed E-state index contributed by atoms with van der Waals surface area (Å²) in [6, 6.07) is 8.07. The summed E-state index contributed by atoms with van der Waals surface area (Å²) in [4.78, 5) is 13.6. The third-order valence-corrected chi connectivity index (χ3v) is 3.60. The molecule has 1 unspecified atom stereocenters. The second-order valence-electron chi connectivity index (χ2n) is 4.24. The van der Waals surface area contributed by atoms with Crippen molar-refractivity contribution in [3.8, 4) is 0 Å². The van der Waals surface area contributed by atoms with Crippen LogP contribution in [0.25, 0.3) is 0 Å². The molecule has 0 aliphatic heterocycles. The standard InChI is InChI=1S/C13H19BrN2O/c1-10(9-15)13(17)16(2)8-7-11-5-3-4-6-12(11)14/h3-6,10H,7-9,15H2,1-2H3. The van der Waals surface area contributed by atoms with Crippen LogP contribution in [0.2, 0.25) is 0 Å². The molecule has 0 aliphatic rings. The Labute approximate surface area is 111 Å². The molecule has 0 radical (unpaired) electrons. The molecule has 17 heavy (non-hydrogen) atoms. The van der Waals surface area contributed by atoms with Crippen LogP contribution >= 0.6 is 15.9 Å². The fourth-order valence-electron chi connectivity index (χ4n) is 1.58. The highest BCUT2D eigenvalue weighted by Crippen LogP contribution is 2.16. The van der Waals surface area contributed by atoms with Gasteiger partial charge in [-0.3, -0.25) is 4.79 Å². The zero-order chi connectivity index (χ0) is 12.8. The maximum atomic E-state index is 11.8. The molecule has 3 nitrogen and oxygen atoms in total. The summed E-state index contributed by atoms with van der Waals surface area (Å²) < 4.78 is 1.09. The van der Waals surface area contributed by atoms with Gasteiger partial charge in [-0.2, -0.15) is 0 Å². The molecular weight excluding hydrogens is 280 g/mol. The SMILES string of the molecule is CC(CN)C(=O)N(C)CCc1ccccc1Br. The Bertz CT molecular complexity index is 381. The number of amides is 1. The molecule has 4 heteroatoms. The molecule has 0 fully saturated rings. The molecule has 2 N–H and O–H groups in total. The molecular formula is C13H19BrN2O. The molecule has 0 bridgehead atoms.